The third-order valence-electron chi connectivity index (χ3n) is 2.99. The molecular weight excluding hydrogens is 238 g/mol. The second-order valence-electron chi connectivity index (χ2n) is 4.95. The van der Waals surface area contributed by atoms with Gasteiger partial charge in [-0.15, -0.1) is 10.2 Å². The number of nitrogens with zero attached hydrogens (tertiary/aromatic N) is 2. The maximum absolute atomic E-state index is 5.63. The zero-order chi connectivity index (χ0) is 13.7. The van der Waals surface area contributed by atoms with Crippen LogP contribution in [0.4, 0.5) is 0 Å². The lowest BCUT2D eigenvalue weighted by molar-refractivity contribution is 0.477. The Morgan fingerprint density at radius 1 is 1.16 bits per heavy atom. The van der Waals surface area contributed by atoms with Crippen molar-refractivity contribution < 1.29 is 4.42 Å². The molecule has 0 spiro atoms. The van der Waals surface area contributed by atoms with E-state index in [-0.39, 0.29) is 0 Å². The quantitative estimate of drug-likeness (QED) is 0.808. The van der Waals surface area contributed by atoms with E-state index in [2.05, 4.69) is 48.4 Å². The molecule has 0 aliphatic carbocycles. The van der Waals surface area contributed by atoms with Crippen molar-refractivity contribution in [2.45, 2.75) is 39.7 Å². The number of nitrogens with one attached hydrogen (secondary N) is 1. The second kappa shape index (κ2) is 6.48. The highest BCUT2D eigenvalue weighted by Crippen LogP contribution is 2.21. The van der Waals surface area contributed by atoms with E-state index in [1.54, 1.807) is 0 Å². The summed E-state index contributed by atoms with van der Waals surface area (Å²) in [4.78, 5) is 0. The molecule has 0 aliphatic rings. The number of benzene rings is 1. The maximum Gasteiger partial charge on any atom is 0.247 e. The van der Waals surface area contributed by atoms with Crippen molar-refractivity contribution >= 4 is 0 Å². The summed E-state index contributed by atoms with van der Waals surface area (Å²) in [7, 11) is 0. The summed E-state index contributed by atoms with van der Waals surface area (Å²) in [5.74, 6) is 1.76. The van der Waals surface area contributed by atoms with Gasteiger partial charge in [-0.3, -0.25) is 0 Å². The molecule has 2 aromatic rings. The molecule has 1 aromatic carbocycles. The standard InChI is InChI=1S/C15H21N3O/c1-4-9-16-10-14-17-18-15(19-14)13-7-5-12(6-8-13)11(2)3/h5-8,11,16H,4,9-10H2,1-3H3. The molecule has 19 heavy (non-hydrogen) atoms. The largest absolute Gasteiger partial charge is 0.419 e. The first-order valence-corrected chi connectivity index (χ1v) is 6.84. The molecule has 0 fully saturated rings. The van der Waals surface area contributed by atoms with E-state index in [4.69, 9.17) is 4.42 Å². The van der Waals surface area contributed by atoms with Gasteiger partial charge in [-0.1, -0.05) is 32.9 Å². The van der Waals surface area contributed by atoms with Gasteiger partial charge in [0.2, 0.25) is 11.8 Å². The van der Waals surface area contributed by atoms with Crippen LogP contribution in [0.3, 0.4) is 0 Å². The molecule has 0 atom stereocenters. The minimum absolute atomic E-state index is 0.533. The molecule has 0 saturated carbocycles. The molecule has 4 heteroatoms. The molecule has 0 amide bonds. The number of rotatable bonds is 6. The lowest BCUT2D eigenvalue weighted by Gasteiger charge is -2.04. The van der Waals surface area contributed by atoms with Gasteiger partial charge in [0.1, 0.15) is 0 Å². The summed E-state index contributed by atoms with van der Waals surface area (Å²) >= 11 is 0. The molecule has 1 N–H and O–H groups in total. The van der Waals surface area contributed by atoms with Gasteiger partial charge in [-0.05, 0) is 36.6 Å². The molecular formula is C15H21N3O. The van der Waals surface area contributed by atoms with Crippen molar-refractivity contribution in [1.29, 1.82) is 0 Å². The average Bonchev–Trinajstić information content (AvgIpc) is 2.88. The third kappa shape index (κ3) is 3.64. The smallest absolute Gasteiger partial charge is 0.247 e. The lowest BCUT2D eigenvalue weighted by atomic mass is 10.0. The van der Waals surface area contributed by atoms with Crippen LogP contribution in [0.2, 0.25) is 0 Å². The summed E-state index contributed by atoms with van der Waals surface area (Å²) in [6.07, 6.45) is 1.09. The SMILES string of the molecule is CCCNCc1nnc(-c2ccc(C(C)C)cc2)o1. The predicted molar refractivity (Wildman–Crippen MR) is 75.8 cm³/mol. The summed E-state index contributed by atoms with van der Waals surface area (Å²) in [6.45, 7) is 8.08. The van der Waals surface area contributed by atoms with Crippen LogP contribution in [0, 0.1) is 0 Å². The van der Waals surface area contributed by atoms with Gasteiger partial charge in [0, 0.05) is 5.56 Å². The molecule has 0 bridgehead atoms. The van der Waals surface area contributed by atoms with E-state index in [1.165, 1.54) is 5.56 Å². The summed E-state index contributed by atoms with van der Waals surface area (Å²) < 4.78 is 5.63. The first kappa shape index (κ1) is 13.7. The van der Waals surface area contributed by atoms with Gasteiger partial charge in [0.25, 0.3) is 0 Å². The molecule has 2 rings (SSSR count). The molecule has 4 nitrogen and oxygen atoms in total. The highest BCUT2D eigenvalue weighted by molar-refractivity contribution is 5.53. The zero-order valence-electron chi connectivity index (χ0n) is 11.8. The van der Waals surface area contributed by atoms with Crippen LogP contribution in [0.15, 0.2) is 28.7 Å². The van der Waals surface area contributed by atoms with Crippen LogP contribution in [0.1, 0.15) is 44.6 Å². The fraction of sp³-hybridized carbons (Fsp3) is 0.467. The van der Waals surface area contributed by atoms with Crippen molar-refractivity contribution in [1.82, 2.24) is 15.5 Å². The average molecular weight is 259 g/mol. The maximum atomic E-state index is 5.63. The Hall–Kier alpha value is -1.68. The van der Waals surface area contributed by atoms with Crippen LogP contribution in [-0.2, 0) is 6.54 Å². The predicted octanol–water partition coefficient (Wildman–Crippen LogP) is 3.36. The Bertz CT molecular complexity index is 502. The first-order chi connectivity index (χ1) is 9.20. The van der Waals surface area contributed by atoms with Gasteiger partial charge < -0.3 is 9.73 Å². The molecule has 0 saturated heterocycles. The van der Waals surface area contributed by atoms with E-state index in [9.17, 15) is 0 Å². The van der Waals surface area contributed by atoms with Crippen molar-refractivity contribution in [2.75, 3.05) is 6.54 Å². The van der Waals surface area contributed by atoms with Crippen LogP contribution >= 0.6 is 0 Å². The topological polar surface area (TPSA) is 51.0 Å². The van der Waals surface area contributed by atoms with E-state index in [0.717, 1.165) is 18.5 Å². The summed E-state index contributed by atoms with van der Waals surface area (Å²) in [5.41, 5.74) is 2.28. The fourth-order valence-corrected chi connectivity index (χ4v) is 1.82. The summed E-state index contributed by atoms with van der Waals surface area (Å²) in [6, 6.07) is 8.29. The highest BCUT2D eigenvalue weighted by atomic mass is 16.4. The van der Waals surface area contributed by atoms with E-state index in [0.29, 0.717) is 24.2 Å². The van der Waals surface area contributed by atoms with Gasteiger partial charge in [0.05, 0.1) is 6.54 Å². The van der Waals surface area contributed by atoms with Crippen LogP contribution < -0.4 is 5.32 Å². The number of hydrogen-bond donors (Lipinski definition) is 1. The minimum Gasteiger partial charge on any atom is -0.419 e. The Kier molecular flexibility index (Phi) is 4.68. The zero-order valence-corrected chi connectivity index (χ0v) is 11.8. The molecule has 1 aromatic heterocycles. The third-order valence-corrected chi connectivity index (χ3v) is 2.99. The highest BCUT2D eigenvalue weighted by Gasteiger charge is 2.08. The summed E-state index contributed by atoms with van der Waals surface area (Å²) in [5, 5.41) is 11.4. The van der Waals surface area contributed by atoms with Crippen molar-refractivity contribution in [3.63, 3.8) is 0 Å². The Morgan fingerprint density at radius 2 is 1.89 bits per heavy atom. The van der Waals surface area contributed by atoms with Gasteiger partial charge >= 0.3 is 0 Å². The van der Waals surface area contributed by atoms with E-state index >= 15 is 0 Å². The fourth-order valence-electron chi connectivity index (χ4n) is 1.82. The van der Waals surface area contributed by atoms with Crippen LogP contribution in [0.5, 0.6) is 0 Å². The monoisotopic (exact) mass is 259 g/mol. The molecule has 0 radical (unpaired) electrons. The molecule has 102 valence electrons. The second-order valence-corrected chi connectivity index (χ2v) is 4.95. The Balaban J connectivity index is 2.05. The van der Waals surface area contributed by atoms with Gasteiger partial charge in [-0.2, -0.15) is 0 Å². The van der Waals surface area contributed by atoms with Crippen molar-refractivity contribution in [3.8, 4) is 11.5 Å². The molecule has 0 aliphatic heterocycles. The normalized spacial score (nSPS) is 11.2. The van der Waals surface area contributed by atoms with Crippen molar-refractivity contribution in [2.24, 2.45) is 0 Å². The Labute approximate surface area is 114 Å². The van der Waals surface area contributed by atoms with Gasteiger partial charge in [-0.25, -0.2) is 0 Å². The number of hydrogen-bond acceptors (Lipinski definition) is 4. The Morgan fingerprint density at radius 3 is 2.53 bits per heavy atom. The minimum atomic E-state index is 0.533. The van der Waals surface area contributed by atoms with Crippen molar-refractivity contribution in [3.05, 3.63) is 35.7 Å². The van der Waals surface area contributed by atoms with E-state index < -0.39 is 0 Å². The van der Waals surface area contributed by atoms with E-state index in [1.807, 2.05) is 12.1 Å². The van der Waals surface area contributed by atoms with Crippen LogP contribution in [-0.4, -0.2) is 16.7 Å². The number of aromatic nitrogens is 2. The molecule has 0 unspecified atom stereocenters. The lowest BCUT2D eigenvalue weighted by Crippen LogP contribution is -2.13. The molecule has 1 heterocycles. The van der Waals surface area contributed by atoms with Gasteiger partial charge in [0.15, 0.2) is 0 Å². The first-order valence-electron chi connectivity index (χ1n) is 6.84. The van der Waals surface area contributed by atoms with Crippen LogP contribution in [0.25, 0.3) is 11.5 Å².